The molecule has 1 rings (SSSR count). The largest absolute Gasteiger partial charge is 0.356 e. The summed E-state index contributed by atoms with van der Waals surface area (Å²) in [5, 5.41) is 2.77. The number of carbonyl (C=O) groups excluding carboxylic acids is 1. The number of amides is 1. The Morgan fingerprint density at radius 2 is 2.12 bits per heavy atom. The standard InChI is InChI=1S/C14H19NO/c1-11-7-8-14(12(2)10-11)6-4-5-9-15-13(3)16/h4,6-8,10H,5,9H2,1-3H3,(H,15,16). The molecule has 0 heterocycles. The first-order chi connectivity index (χ1) is 7.59. The van der Waals surface area contributed by atoms with Crippen molar-refractivity contribution < 1.29 is 4.79 Å². The summed E-state index contributed by atoms with van der Waals surface area (Å²) in [5.74, 6) is 0.0277. The van der Waals surface area contributed by atoms with Gasteiger partial charge in [0.2, 0.25) is 5.91 Å². The van der Waals surface area contributed by atoms with Crippen LogP contribution in [0.4, 0.5) is 0 Å². The van der Waals surface area contributed by atoms with Crippen LogP contribution in [0.1, 0.15) is 30.0 Å². The van der Waals surface area contributed by atoms with E-state index in [0.29, 0.717) is 6.54 Å². The summed E-state index contributed by atoms with van der Waals surface area (Å²) in [6.07, 6.45) is 5.07. The van der Waals surface area contributed by atoms with Crippen LogP contribution in [0.3, 0.4) is 0 Å². The summed E-state index contributed by atoms with van der Waals surface area (Å²) in [6, 6.07) is 6.41. The minimum atomic E-state index is 0.0277. The van der Waals surface area contributed by atoms with Gasteiger partial charge in [-0.2, -0.15) is 0 Å². The van der Waals surface area contributed by atoms with Crippen LogP contribution in [0.25, 0.3) is 6.08 Å². The summed E-state index contributed by atoms with van der Waals surface area (Å²) in [7, 11) is 0. The maximum atomic E-state index is 10.6. The van der Waals surface area contributed by atoms with Gasteiger partial charge in [0.15, 0.2) is 0 Å². The molecule has 1 amide bonds. The fourth-order valence-corrected chi connectivity index (χ4v) is 1.55. The monoisotopic (exact) mass is 217 g/mol. The predicted octanol–water partition coefficient (Wildman–Crippen LogP) is 2.84. The van der Waals surface area contributed by atoms with Crippen LogP contribution in [0.5, 0.6) is 0 Å². The zero-order valence-electron chi connectivity index (χ0n) is 10.2. The Labute approximate surface area is 97.4 Å². The van der Waals surface area contributed by atoms with Gasteiger partial charge in [-0.05, 0) is 31.4 Å². The van der Waals surface area contributed by atoms with Crippen LogP contribution < -0.4 is 5.32 Å². The number of nitrogens with one attached hydrogen (secondary N) is 1. The summed E-state index contributed by atoms with van der Waals surface area (Å²) in [4.78, 5) is 10.6. The van der Waals surface area contributed by atoms with E-state index in [1.54, 1.807) is 0 Å². The van der Waals surface area contributed by atoms with E-state index < -0.39 is 0 Å². The van der Waals surface area contributed by atoms with Crippen LogP contribution >= 0.6 is 0 Å². The maximum absolute atomic E-state index is 10.6. The summed E-state index contributed by atoms with van der Waals surface area (Å²) < 4.78 is 0. The topological polar surface area (TPSA) is 29.1 Å². The predicted molar refractivity (Wildman–Crippen MR) is 68.3 cm³/mol. The zero-order chi connectivity index (χ0) is 12.0. The Morgan fingerprint density at radius 3 is 2.75 bits per heavy atom. The van der Waals surface area contributed by atoms with Crippen molar-refractivity contribution in [1.82, 2.24) is 5.32 Å². The van der Waals surface area contributed by atoms with Crippen molar-refractivity contribution in [3.8, 4) is 0 Å². The van der Waals surface area contributed by atoms with Gasteiger partial charge < -0.3 is 5.32 Å². The summed E-state index contributed by atoms with van der Waals surface area (Å²) in [6.45, 7) is 6.45. The highest BCUT2D eigenvalue weighted by Gasteiger charge is 1.93. The fourth-order valence-electron chi connectivity index (χ4n) is 1.55. The van der Waals surface area contributed by atoms with E-state index in [-0.39, 0.29) is 5.91 Å². The highest BCUT2D eigenvalue weighted by Crippen LogP contribution is 2.12. The molecule has 0 saturated heterocycles. The van der Waals surface area contributed by atoms with Gasteiger partial charge in [-0.15, -0.1) is 0 Å². The van der Waals surface area contributed by atoms with Crippen LogP contribution in [-0.4, -0.2) is 12.5 Å². The van der Waals surface area contributed by atoms with E-state index in [1.807, 2.05) is 0 Å². The number of benzene rings is 1. The van der Waals surface area contributed by atoms with Gasteiger partial charge in [0.05, 0.1) is 0 Å². The molecule has 1 aromatic rings. The number of hydrogen-bond acceptors (Lipinski definition) is 1. The van der Waals surface area contributed by atoms with Crippen molar-refractivity contribution in [3.63, 3.8) is 0 Å². The van der Waals surface area contributed by atoms with Gasteiger partial charge in [-0.1, -0.05) is 35.9 Å². The molecular weight excluding hydrogens is 198 g/mol. The lowest BCUT2D eigenvalue weighted by Crippen LogP contribution is -2.20. The van der Waals surface area contributed by atoms with Crippen molar-refractivity contribution in [1.29, 1.82) is 0 Å². The molecule has 86 valence electrons. The fraction of sp³-hybridized carbons (Fsp3) is 0.357. The Morgan fingerprint density at radius 1 is 1.38 bits per heavy atom. The third-order valence-electron chi connectivity index (χ3n) is 2.41. The lowest BCUT2D eigenvalue weighted by atomic mass is 10.1. The first-order valence-corrected chi connectivity index (χ1v) is 5.58. The molecule has 2 nitrogen and oxygen atoms in total. The van der Waals surface area contributed by atoms with Crippen LogP contribution in [0.2, 0.25) is 0 Å². The van der Waals surface area contributed by atoms with Gasteiger partial charge in [0.25, 0.3) is 0 Å². The van der Waals surface area contributed by atoms with E-state index in [4.69, 9.17) is 0 Å². The van der Waals surface area contributed by atoms with Crippen molar-refractivity contribution in [3.05, 3.63) is 41.0 Å². The first-order valence-electron chi connectivity index (χ1n) is 5.58. The molecule has 1 aromatic carbocycles. The van der Waals surface area contributed by atoms with Crippen LogP contribution in [0.15, 0.2) is 24.3 Å². The van der Waals surface area contributed by atoms with Gasteiger partial charge in [0.1, 0.15) is 0 Å². The van der Waals surface area contributed by atoms with Crippen molar-refractivity contribution in [2.75, 3.05) is 6.54 Å². The highest BCUT2D eigenvalue weighted by molar-refractivity contribution is 5.72. The molecule has 0 aliphatic carbocycles. The highest BCUT2D eigenvalue weighted by atomic mass is 16.1. The van der Waals surface area contributed by atoms with Crippen LogP contribution in [-0.2, 0) is 4.79 Å². The van der Waals surface area contributed by atoms with Crippen molar-refractivity contribution >= 4 is 12.0 Å². The van der Waals surface area contributed by atoms with Gasteiger partial charge in [0, 0.05) is 13.5 Å². The molecule has 16 heavy (non-hydrogen) atoms. The number of hydrogen-bond donors (Lipinski definition) is 1. The third kappa shape index (κ3) is 4.30. The number of rotatable bonds is 4. The average molecular weight is 217 g/mol. The molecule has 0 spiro atoms. The lowest BCUT2D eigenvalue weighted by molar-refractivity contribution is -0.118. The molecule has 1 N–H and O–H groups in total. The molecule has 0 aromatic heterocycles. The van der Waals surface area contributed by atoms with Crippen molar-refractivity contribution in [2.24, 2.45) is 0 Å². The average Bonchev–Trinajstić information content (AvgIpc) is 2.20. The minimum absolute atomic E-state index is 0.0277. The SMILES string of the molecule is CC(=O)NCCC=Cc1ccc(C)cc1C. The Bertz CT molecular complexity index is 394. The van der Waals surface area contributed by atoms with Gasteiger partial charge in [-0.25, -0.2) is 0 Å². The van der Waals surface area contributed by atoms with Gasteiger partial charge >= 0.3 is 0 Å². The zero-order valence-corrected chi connectivity index (χ0v) is 10.2. The molecule has 0 unspecified atom stereocenters. The van der Waals surface area contributed by atoms with E-state index in [2.05, 4.69) is 49.5 Å². The Kier molecular flexibility index (Phi) is 4.77. The quantitative estimate of drug-likeness (QED) is 0.772. The number of carbonyl (C=O) groups is 1. The first kappa shape index (κ1) is 12.5. The normalized spacial score (nSPS) is 10.7. The summed E-state index contributed by atoms with van der Waals surface area (Å²) in [5.41, 5.74) is 3.82. The molecule has 2 heteroatoms. The third-order valence-corrected chi connectivity index (χ3v) is 2.41. The van der Waals surface area contributed by atoms with E-state index in [9.17, 15) is 4.79 Å². The van der Waals surface area contributed by atoms with Crippen molar-refractivity contribution in [2.45, 2.75) is 27.2 Å². The Hall–Kier alpha value is -1.57. The smallest absolute Gasteiger partial charge is 0.216 e. The van der Waals surface area contributed by atoms with E-state index in [0.717, 1.165) is 6.42 Å². The lowest BCUT2D eigenvalue weighted by Gasteiger charge is -2.01. The molecule has 0 atom stereocenters. The molecule has 0 aliphatic rings. The second kappa shape index (κ2) is 6.11. The van der Waals surface area contributed by atoms with E-state index >= 15 is 0 Å². The second-order valence-electron chi connectivity index (χ2n) is 4.03. The molecule has 0 fully saturated rings. The second-order valence-corrected chi connectivity index (χ2v) is 4.03. The molecule has 0 radical (unpaired) electrons. The molecule has 0 saturated carbocycles. The van der Waals surface area contributed by atoms with Gasteiger partial charge in [-0.3, -0.25) is 4.79 Å². The maximum Gasteiger partial charge on any atom is 0.216 e. The molecule has 0 bridgehead atoms. The Balaban J connectivity index is 2.47. The molecule has 0 aliphatic heterocycles. The summed E-state index contributed by atoms with van der Waals surface area (Å²) >= 11 is 0. The number of aryl methyl sites for hydroxylation is 2. The van der Waals surface area contributed by atoms with Crippen LogP contribution in [0, 0.1) is 13.8 Å². The van der Waals surface area contributed by atoms with E-state index in [1.165, 1.54) is 23.6 Å². The molecular formula is C14H19NO. The minimum Gasteiger partial charge on any atom is -0.356 e.